The smallest absolute Gasteiger partial charge is 0.0275 e. The van der Waals surface area contributed by atoms with Crippen molar-refractivity contribution in [2.24, 2.45) is 5.41 Å². The zero-order valence-corrected chi connectivity index (χ0v) is 14.0. The molecule has 0 aliphatic carbocycles. The minimum absolute atomic E-state index is 0.270. The standard InChI is InChI=1S/C16H34N2/c1-12(2)17-10-13(3)18(16(7,8)9)11-14(17)15(4,5)6/h12-14H,10-11H2,1-9H3/t13-,14+/m0/s1. The van der Waals surface area contributed by atoms with Crippen molar-refractivity contribution in [1.29, 1.82) is 0 Å². The second kappa shape index (κ2) is 5.13. The van der Waals surface area contributed by atoms with Gasteiger partial charge in [0, 0.05) is 36.8 Å². The third kappa shape index (κ3) is 3.48. The zero-order chi connectivity index (χ0) is 14.3. The van der Waals surface area contributed by atoms with Crippen LogP contribution in [0.5, 0.6) is 0 Å². The van der Waals surface area contributed by atoms with Crippen molar-refractivity contribution in [3.05, 3.63) is 0 Å². The van der Waals surface area contributed by atoms with Crippen LogP contribution in [0.2, 0.25) is 0 Å². The lowest BCUT2D eigenvalue weighted by Crippen LogP contribution is -2.66. The molecule has 0 radical (unpaired) electrons. The molecule has 18 heavy (non-hydrogen) atoms. The Morgan fingerprint density at radius 1 is 0.944 bits per heavy atom. The summed E-state index contributed by atoms with van der Waals surface area (Å²) in [4.78, 5) is 5.38. The van der Waals surface area contributed by atoms with Gasteiger partial charge in [0.1, 0.15) is 0 Å². The fourth-order valence-corrected chi connectivity index (χ4v) is 3.28. The predicted octanol–water partition coefficient (Wildman–Crippen LogP) is 3.61. The van der Waals surface area contributed by atoms with Crippen molar-refractivity contribution in [1.82, 2.24) is 9.80 Å². The van der Waals surface area contributed by atoms with Crippen molar-refractivity contribution in [3.8, 4) is 0 Å². The largest absolute Gasteiger partial charge is 0.295 e. The van der Waals surface area contributed by atoms with E-state index in [-0.39, 0.29) is 5.54 Å². The van der Waals surface area contributed by atoms with E-state index in [1.165, 1.54) is 13.1 Å². The highest BCUT2D eigenvalue weighted by Crippen LogP contribution is 2.33. The molecule has 0 N–H and O–H groups in total. The van der Waals surface area contributed by atoms with Crippen LogP contribution in [0.25, 0.3) is 0 Å². The molecule has 0 aromatic heterocycles. The zero-order valence-electron chi connectivity index (χ0n) is 14.0. The first kappa shape index (κ1) is 16.0. The first-order valence-electron chi connectivity index (χ1n) is 7.47. The summed E-state index contributed by atoms with van der Waals surface area (Å²) < 4.78 is 0. The van der Waals surface area contributed by atoms with Crippen molar-refractivity contribution in [2.45, 2.75) is 86.0 Å². The molecule has 2 nitrogen and oxygen atoms in total. The SMILES string of the molecule is CC(C)N1C[C@H](C)N(C(C)(C)C)C[C@@H]1C(C)(C)C. The van der Waals surface area contributed by atoms with E-state index in [1.54, 1.807) is 0 Å². The summed E-state index contributed by atoms with van der Waals surface area (Å²) in [6.07, 6.45) is 0. The molecular weight excluding hydrogens is 220 g/mol. The maximum atomic E-state index is 2.70. The molecule has 2 heteroatoms. The number of piperazine rings is 1. The molecule has 1 heterocycles. The Balaban J connectivity index is 2.97. The van der Waals surface area contributed by atoms with Gasteiger partial charge in [-0.05, 0) is 47.0 Å². The highest BCUT2D eigenvalue weighted by Gasteiger charge is 2.42. The van der Waals surface area contributed by atoms with Gasteiger partial charge < -0.3 is 0 Å². The molecule has 0 aromatic rings. The molecule has 1 aliphatic heterocycles. The topological polar surface area (TPSA) is 6.48 Å². The molecule has 0 amide bonds. The fourth-order valence-electron chi connectivity index (χ4n) is 3.28. The van der Waals surface area contributed by atoms with Crippen molar-refractivity contribution in [2.75, 3.05) is 13.1 Å². The Bertz CT molecular complexity index is 270. The maximum Gasteiger partial charge on any atom is 0.0275 e. The highest BCUT2D eigenvalue weighted by atomic mass is 15.3. The number of nitrogens with zero attached hydrogens (tertiary/aromatic N) is 2. The lowest BCUT2D eigenvalue weighted by molar-refractivity contribution is -0.0623. The third-order valence-electron chi connectivity index (χ3n) is 4.30. The summed E-state index contributed by atoms with van der Waals surface area (Å²) in [7, 11) is 0. The monoisotopic (exact) mass is 254 g/mol. The molecule has 0 bridgehead atoms. The molecule has 0 unspecified atom stereocenters. The Kier molecular flexibility index (Phi) is 4.55. The third-order valence-corrected chi connectivity index (χ3v) is 4.30. The molecular formula is C16H34N2. The van der Waals surface area contributed by atoms with Crippen molar-refractivity contribution >= 4 is 0 Å². The molecule has 0 saturated carbocycles. The average molecular weight is 254 g/mol. The van der Waals surface area contributed by atoms with E-state index < -0.39 is 0 Å². The summed E-state index contributed by atoms with van der Waals surface area (Å²) in [6, 6.07) is 1.93. The molecule has 1 saturated heterocycles. The van der Waals surface area contributed by atoms with Gasteiger partial charge in [-0.3, -0.25) is 9.80 Å². The van der Waals surface area contributed by atoms with Crippen LogP contribution in [0, 0.1) is 5.41 Å². The quantitative estimate of drug-likeness (QED) is 0.705. The van der Waals surface area contributed by atoms with Crippen LogP contribution < -0.4 is 0 Å². The van der Waals surface area contributed by atoms with Crippen LogP contribution in [0.15, 0.2) is 0 Å². The van der Waals surface area contributed by atoms with Crippen molar-refractivity contribution in [3.63, 3.8) is 0 Å². The molecule has 0 aromatic carbocycles. The van der Waals surface area contributed by atoms with Crippen LogP contribution in [0.3, 0.4) is 0 Å². The fraction of sp³-hybridized carbons (Fsp3) is 1.00. The lowest BCUT2D eigenvalue weighted by Gasteiger charge is -2.55. The van der Waals surface area contributed by atoms with E-state index in [2.05, 4.69) is 72.1 Å². The summed E-state index contributed by atoms with van der Waals surface area (Å²) in [5, 5.41) is 0. The lowest BCUT2D eigenvalue weighted by atomic mass is 9.81. The minimum Gasteiger partial charge on any atom is -0.295 e. The van der Waals surface area contributed by atoms with Crippen LogP contribution in [-0.2, 0) is 0 Å². The Labute approximate surface area is 115 Å². The van der Waals surface area contributed by atoms with Gasteiger partial charge in [-0.1, -0.05) is 20.8 Å². The Morgan fingerprint density at radius 2 is 1.44 bits per heavy atom. The normalized spacial score (nSPS) is 29.0. The average Bonchev–Trinajstić information content (AvgIpc) is 2.12. The maximum absolute atomic E-state index is 2.70. The molecule has 1 rings (SSSR count). The van der Waals surface area contributed by atoms with Gasteiger partial charge in [-0.25, -0.2) is 0 Å². The van der Waals surface area contributed by atoms with Gasteiger partial charge in [0.25, 0.3) is 0 Å². The van der Waals surface area contributed by atoms with E-state index in [9.17, 15) is 0 Å². The second-order valence-corrected chi connectivity index (χ2v) is 8.34. The molecule has 1 fully saturated rings. The predicted molar refractivity (Wildman–Crippen MR) is 81.0 cm³/mol. The number of hydrogen-bond donors (Lipinski definition) is 0. The Morgan fingerprint density at radius 3 is 1.78 bits per heavy atom. The van der Waals surface area contributed by atoms with Gasteiger partial charge >= 0.3 is 0 Å². The first-order valence-corrected chi connectivity index (χ1v) is 7.47. The summed E-state index contributed by atoms with van der Waals surface area (Å²) in [6.45, 7) is 23.6. The van der Waals surface area contributed by atoms with Gasteiger partial charge in [0.05, 0.1) is 0 Å². The first-order chi connectivity index (χ1) is 7.94. The Hall–Kier alpha value is -0.0800. The van der Waals surface area contributed by atoms with Gasteiger partial charge in [0.15, 0.2) is 0 Å². The van der Waals surface area contributed by atoms with Crippen LogP contribution in [-0.4, -0.2) is 46.6 Å². The van der Waals surface area contributed by atoms with E-state index in [1.807, 2.05) is 0 Å². The van der Waals surface area contributed by atoms with Crippen LogP contribution in [0.1, 0.15) is 62.3 Å². The number of rotatable bonds is 1. The van der Waals surface area contributed by atoms with Gasteiger partial charge in [-0.15, -0.1) is 0 Å². The van der Waals surface area contributed by atoms with E-state index in [0.29, 0.717) is 23.5 Å². The summed E-state index contributed by atoms with van der Waals surface area (Å²) >= 11 is 0. The van der Waals surface area contributed by atoms with Crippen LogP contribution in [0.4, 0.5) is 0 Å². The van der Waals surface area contributed by atoms with E-state index in [4.69, 9.17) is 0 Å². The molecule has 2 atom stereocenters. The van der Waals surface area contributed by atoms with Crippen molar-refractivity contribution < 1.29 is 0 Å². The van der Waals surface area contributed by atoms with Gasteiger partial charge in [0.2, 0.25) is 0 Å². The second-order valence-electron chi connectivity index (χ2n) is 8.34. The highest BCUT2D eigenvalue weighted by molar-refractivity contribution is 4.97. The summed E-state index contributed by atoms with van der Waals surface area (Å²) in [5.74, 6) is 0. The van der Waals surface area contributed by atoms with E-state index in [0.717, 1.165) is 0 Å². The van der Waals surface area contributed by atoms with Crippen LogP contribution >= 0.6 is 0 Å². The molecule has 0 spiro atoms. The summed E-state index contributed by atoms with van der Waals surface area (Å²) in [5.41, 5.74) is 0.611. The molecule has 1 aliphatic rings. The molecule has 108 valence electrons. The van der Waals surface area contributed by atoms with E-state index >= 15 is 0 Å². The van der Waals surface area contributed by atoms with Gasteiger partial charge in [-0.2, -0.15) is 0 Å². The number of hydrogen-bond acceptors (Lipinski definition) is 2. The minimum atomic E-state index is 0.270.